The van der Waals surface area contributed by atoms with Crippen molar-refractivity contribution in [3.05, 3.63) is 34.9 Å². The van der Waals surface area contributed by atoms with E-state index in [1.54, 1.807) is 0 Å². The number of hydrogen-bond donors (Lipinski definition) is 1. The van der Waals surface area contributed by atoms with Crippen LogP contribution in [-0.4, -0.2) is 11.1 Å². The fourth-order valence-corrected chi connectivity index (χ4v) is 2.57. The van der Waals surface area contributed by atoms with Gasteiger partial charge in [-0.15, -0.1) is 0 Å². The number of aliphatic carboxylic acids is 1. The lowest BCUT2D eigenvalue weighted by atomic mass is 9.99. The van der Waals surface area contributed by atoms with Crippen molar-refractivity contribution in [3.63, 3.8) is 0 Å². The van der Waals surface area contributed by atoms with Gasteiger partial charge in [-0.3, -0.25) is 4.79 Å². The summed E-state index contributed by atoms with van der Waals surface area (Å²) in [7, 11) is 0. The second kappa shape index (κ2) is 3.69. The van der Waals surface area contributed by atoms with Crippen molar-refractivity contribution in [3.8, 4) is 0 Å². The minimum Gasteiger partial charge on any atom is -0.481 e. The van der Waals surface area contributed by atoms with E-state index in [2.05, 4.69) is 26.0 Å². The summed E-state index contributed by atoms with van der Waals surface area (Å²) in [5.74, 6) is 0.436. The second-order valence-corrected chi connectivity index (χ2v) is 4.57. The molecule has 0 amide bonds. The van der Waals surface area contributed by atoms with E-state index >= 15 is 0 Å². The van der Waals surface area contributed by atoms with Gasteiger partial charge in [0, 0.05) is 0 Å². The number of rotatable bonds is 2. The monoisotopic (exact) mass is 204 g/mol. The summed E-state index contributed by atoms with van der Waals surface area (Å²) >= 11 is 0. The summed E-state index contributed by atoms with van der Waals surface area (Å²) in [6.45, 7) is 4.45. The predicted octanol–water partition coefficient (Wildman–Crippen LogP) is 2.92. The van der Waals surface area contributed by atoms with E-state index < -0.39 is 5.97 Å². The Hall–Kier alpha value is -1.31. The van der Waals surface area contributed by atoms with Crippen molar-refractivity contribution in [1.29, 1.82) is 0 Å². The van der Waals surface area contributed by atoms with Crippen LogP contribution in [0.4, 0.5) is 0 Å². The number of carbonyl (C=O) groups is 1. The summed E-state index contributed by atoms with van der Waals surface area (Å²) in [4.78, 5) is 10.6. The zero-order valence-electron chi connectivity index (χ0n) is 9.16. The molecule has 2 rings (SSSR count). The van der Waals surface area contributed by atoms with E-state index in [-0.39, 0.29) is 6.42 Å². The Balaban J connectivity index is 2.34. The first-order valence-corrected chi connectivity index (χ1v) is 5.42. The van der Waals surface area contributed by atoms with Gasteiger partial charge in [0.05, 0.1) is 6.42 Å². The van der Waals surface area contributed by atoms with Crippen LogP contribution in [0.2, 0.25) is 0 Å². The number of benzene rings is 1. The molecule has 2 nitrogen and oxygen atoms in total. The van der Waals surface area contributed by atoms with Gasteiger partial charge in [-0.2, -0.15) is 0 Å². The van der Waals surface area contributed by atoms with Crippen LogP contribution < -0.4 is 0 Å². The van der Waals surface area contributed by atoms with E-state index in [9.17, 15) is 4.79 Å². The molecule has 2 unspecified atom stereocenters. The summed E-state index contributed by atoms with van der Waals surface area (Å²) < 4.78 is 0. The first-order valence-electron chi connectivity index (χ1n) is 5.42. The van der Waals surface area contributed by atoms with E-state index in [1.165, 1.54) is 17.5 Å². The standard InChI is InChI=1S/C13H16O2/c1-8-5-9(2)12-6-10(7-13(14)15)3-4-11(8)12/h3-4,6,8-9H,5,7H2,1-2H3,(H,14,15). The van der Waals surface area contributed by atoms with E-state index in [4.69, 9.17) is 5.11 Å². The lowest BCUT2D eigenvalue weighted by molar-refractivity contribution is -0.136. The van der Waals surface area contributed by atoms with E-state index in [1.807, 2.05) is 6.07 Å². The number of hydrogen-bond acceptors (Lipinski definition) is 1. The maximum atomic E-state index is 10.6. The topological polar surface area (TPSA) is 37.3 Å². The molecule has 0 heterocycles. The third-order valence-corrected chi connectivity index (χ3v) is 3.28. The minimum atomic E-state index is -0.756. The molecule has 0 aliphatic heterocycles. The number of carboxylic acid groups (broad SMARTS) is 1. The van der Waals surface area contributed by atoms with Gasteiger partial charge in [-0.05, 0) is 34.9 Å². The molecule has 1 aliphatic rings. The van der Waals surface area contributed by atoms with Crippen molar-refractivity contribution in [1.82, 2.24) is 0 Å². The molecule has 0 fully saturated rings. The molecule has 0 saturated heterocycles. The molecule has 15 heavy (non-hydrogen) atoms. The highest BCUT2D eigenvalue weighted by molar-refractivity contribution is 5.70. The van der Waals surface area contributed by atoms with Crippen LogP contribution in [0.5, 0.6) is 0 Å². The average molecular weight is 204 g/mol. The van der Waals surface area contributed by atoms with Gasteiger partial charge in [0.15, 0.2) is 0 Å². The van der Waals surface area contributed by atoms with Crippen LogP contribution in [0.3, 0.4) is 0 Å². The summed E-state index contributed by atoms with van der Waals surface area (Å²) in [5, 5.41) is 8.73. The summed E-state index contributed by atoms with van der Waals surface area (Å²) in [6.07, 6.45) is 1.32. The Labute approximate surface area is 89.9 Å². The molecule has 1 N–H and O–H groups in total. The van der Waals surface area contributed by atoms with Gasteiger partial charge >= 0.3 is 5.97 Å². The molecule has 0 aromatic heterocycles. The zero-order valence-corrected chi connectivity index (χ0v) is 9.16. The lowest BCUT2D eigenvalue weighted by Crippen LogP contribution is -2.01. The van der Waals surface area contributed by atoms with Crippen molar-refractivity contribution in [2.24, 2.45) is 0 Å². The van der Waals surface area contributed by atoms with Crippen LogP contribution in [0, 0.1) is 0 Å². The Morgan fingerprint density at radius 3 is 2.67 bits per heavy atom. The van der Waals surface area contributed by atoms with Gasteiger partial charge in [0.2, 0.25) is 0 Å². The first kappa shape index (κ1) is 10.2. The van der Waals surface area contributed by atoms with Crippen molar-refractivity contribution in [2.45, 2.75) is 38.5 Å². The van der Waals surface area contributed by atoms with Crippen molar-refractivity contribution < 1.29 is 9.90 Å². The van der Waals surface area contributed by atoms with Gasteiger partial charge in [-0.25, -0.2) is 0 Å². The molecule has 1 aromatic carbocycles. The lowest BCUT2D eigenvalue weighted by Gasteiger charge is -2.07. The van der Waals surface area contributed by atoms with Gasteiger partial charge in [0.1, 0.15) is 0 Å². The smallest absolute Gasteiger partial charge is 0.307 e. The summed E-state index contributed by atoms with van der Waals surface area (Å²) in [6, 6.07) is 6.11. The van der Waals surface area contributed by atoms with Crippen LogP contribution in [0.15, 0.2) is 18.2 Å². The predicted molar refractivity (Wildman–Crippen MR) is 59.2 cm³/mol. The molecule has 0 radical (unpaired) electrons. The Kier molecular flexibility index (Phi) is 2.51. The molecule has 0 spiro atoms. The van der Waals surface area contributed by atoms with Crippen LogP contribution in [0.25, 0.3) is 0 Å². The maximum Gasteiger partial charge on any atom is 0.307 e. The average Bonchev–Trinajstić information content (AvgIpc) is 2.41. The molecule has 2 heteroatoms. The highest BCUT2D eigenvalue weighted by atomic mass is 16.4. The first-order chi connectivity index (χ1) is 7.08. The van der Waals surface area contributed by atoms with Crippen LogP contribution in [-0.2, 0) is 11.2 Å². The van der Waals surface area contributed by atoms with Gasteiger partial charge in [-0.1, -0.05) is 32.0 Å². The SMILES string of the molecule is CC1CC(C)c2cc(CC(=O)O)ccc21. The van der Waals surface area contributed by atoms with Crippen molar-refractivity contribution >= 4 is 5.97 Å². The normalized spacial score (nSPS) is 23.9. The molecule has 0 saturated carbocycles. The van der Waals surface area contributed by atoms with Gasteiger partial charge < -0.3 is 5.11 Å². The highest BCUT2D eigenvalue weighted by Gasteiger charge is 2.24. The molecule has 1 aromatic rings. The molecule has 80 valence electrons. The minimum absolute atomic E-state index is 0.133. The Morgan fingerprint density at radius 1 is 1.33 bits per heavy atom. The van der Waals surface area contributed by atoms with E-state index in [0.29, 0.717) is 11.8 Å². The Morgan fingerprint density at radius 2 is 2.00 bits per heavy atom. The number of carboxylic acids is 1. The quantitative estimate of drug-likeness (QED) is 0.804. The fourth-order valence-electron chi connectivity index (χ4n) is 2.57. The third kappa shape index (κ3) is 1.89. The Bertz CT molecular complexity index is 396. The van der Waals surface area contributed by atoms with Gasteiger partial charge in [0.25, 0.3) is 0 Å². The summed E-state index contributed by atoms with van der Waals surface area (Å²) in [5.41, 5.74) is 3.67. The largest absolute Gasteiger partial charge is 0.481 e. The fraction of sp³-hybridized carbons (Fsp3) is 0.462. The van der Waals surface area contributed by atoms with Crippen LogP contribution in [0.1, 0.15) is 48.8 Å². The second-order valence-electron chi connectivity index (χ2n) is 4.57. The molecule has 0 bridgehead atoms. The maximum absolute atomic E-state index is 10.6. The highest BCUT2D eigenvalue weighted by Crippen LogP contribution is 2.41. The molecular formula is C13H16O2. The van der Waals surface area contributed by atoms with E-state index in [0.717, 1.165) is 5.56 Å². The molecule has 1 aliphatic carbocycles. The number of fused-ring (bicyclic) bond motifs is 1. The molecule has 2 atom stereocenters. The molecular weight excluding hydrogens is 188 g/mol. The third-order valence-electron chi connectivity index (χ3n) is 3.28. The van der Waals surface area contributed by atoms with Crippen LogP contribution >= 0.6 is 0 Å². The van der Waals surface area contributed by atoms with Crippen molar-refractivity contribution in [2.75, 3.05) is 0 Å². The zero-order chi connectivity index (χ0) is 11.0.